The van der Waals surface area contributed by atoms with Crippen LogP contribution in [0.4, 0.5) is 28.8 Å². The Balaban J connectivity index is 1.98. The molecule has 0 saturated carbocycles. The standard InChI is InChI=1S/C31H42ClN6O5P/c1-8-29(39)34-25-17-24(26(42-5)18-27(25)43-21(15-16-41-4)20-38(9-2)10-3)36-31-33-19-22(32)30(37-31)35-23-13-11-12-14-28(23)44(6,7)40/h8,11-14,17-19,21H,1,9-10,15-16,20H2,2-7H3,(H,34,39)(H2,33,35,36,37)/t21-/m0/s1. The number of hydrogen-bond donors (Lipinski definition) is 3. The number of nitrogens with one attached hydrogen (secondary N) is 3. The molecule has 1 atom stereocenters. The molecule has 3 rings (SSSR count). The van der Waals surface area contributed by atoms with Crippen LogP contribution in [0.15, 0.2) is 55.3 Å². The number of carbonyl (C=O) groups is 1. The summed E-state index contributed by atoms with van der Waals surface area (Å²) in [5, 5.41) is 10.1. The minimum absolute atomic E-state index is 0.207. The van der Waals surface area contributed by atoms with E-state index in [2.05, 4.69) is 51.2 Å². The van der Waals surface area contributed by atoms with E-state index in [0.29, 0.717) is 59.3 Å². The van der Waals surface area contributed by atoms with Gasteiger partial charge in [-0.2, -0.15) is 4.98 Å². The van der Waals surface area contributed by atoms with Gasteiger partial charge in [-0.1, -0.05) is 44.2 Å². The lowest BCUT2D eigenvalue weighted by Gasteiger charge is -2.27. The summed E-state index contributed by atoms with van der Waals surface area (Å²) in [6, 6.07) is 10.7. The summed E-state index contributed by atoms with van der Waals surface area (Å²) in [5.74, 6) is 0.983. The highest BCUT2D eigenvalue weighted by molar-refractivity contribution is 7.70. The van der Waals surface area contributed by atoms with Gasteiger partial charge >= 0.3 is 0 Å². The molecule has 0 radical (unpaired) electrons. The smallest absolute Gasteiger partial charge is 0.247 e. The van der Waals surface area contributed by atoms with Crippen LogP contribution in [0.5, 0.6) is 11.5 Å². The molecule has 13 heteroatoms. The highest BCUT2D eigenvalue weighted by Crippen LogP contribution is 2.40. The Labute approximate surface area is 264 Å². The molecule has 11 nitrogen and oxygen atoms in total. The monoisotopic (exact) mass is 644 g/mol. The quantitative estimate of drug-likeness (QED) is 0.117. The Hall–Kier alpha value is -3.63. The van der Waals surface area contributed by atoms with E-state index in [9.17, 15) is 9.36 Å². The number of ether oxygens (including phenoxy) is 3. The zero-order chi connectivity index (χ0) is 32.3. The summed E-state index contributed by atoms with van der Waals surface area (Å²) in [5.41, 5.74) is 1.51. The Morgan fingerprint density at radius 3 is 2.45 bits per heavy atom. The normalized spacial score (nSPS) is 12.0. The topological polar surface area (TPSA) is 127 Å². The average Bonchev–Trinajstić information content (AvgIpc) is 3.00. The molecule has 0 fully saturated rings. The molecule has 3 N–H and O–H groups in total. The van der Waals surface area contributed by atoms with Crippen molar-refractivity contribution >= 4 is 58.8 Å². The molecular weight excluding hydrogens is 603 g/mol. The van der Waals surface area contributed by atoms with Crippen molar-refractivity contribution < 1.29 is 23.6 Å². The molecule has 0 aliphatic rings. The van der Waals surface area contributed by atoms with E-state index in [0.717, 1.165) is 13.1 Å². The van der Waals surface area contributed by atoms with Crippen LogP contribution in [-0.4, -0.2) is 80.7 Å². The van der Waals surface area contributed by atoms with E-state index in [4.69, 9.17) is 25.8 Å². The van der Waals surface area contributed by atoms with Crippen molar-refractivity contribution in [1.29, 1.82) is 0 Å². The van der Waals surface area contributed by atoms with Crippen molar-refractivity contribution in [1.82, 2.24) is 14.9 Å². The van der Waals surface area contributed by atoms with Crippen LogP contribution in [0.2, 0.25) is 5.02 Å². The maximum absolute atomic E-state index is 12.9. The highest BCUT2D eigenvalue weighted by atomic mass is 35.5. The van der Waals surface area contributed by atoms with E-state index >= 15 is 0 Å². The molecule has 2 aromatic carbocycles. The van der Waals surface area contributed by atoms with E-state index in [1.807, 2.05) is 24.3 Å². The van der Waals surface area contributed by atoms with Crippen LogP contribution < -0.4 is 30.7 Å². The summed E-state index contributed by atoms with van der Waals surface area (Å²) < 4.78 is 30.3. The Morgan fingerprint density at radius 1 is 1.09 bits per heavy atom. The molecule has 238 valence electrons. The molecular formula is C31H42ClN6O5P. The van der Waals surface area contributed by atoms with Crippen LogP contribution in [0, 0.1) is 0 Å². The maximum atomic E-state index is 12.9. The highest BCUT2D eigenvalue weighted by Gasteiger charge is 2.21. The number of halogens is 1. The lowest BCUT2D eigenvalue weighted by molar-refractivity contribution is -0.111. The van der Waals surface area contributed by atoms with Crippen molar-refractivity contribution in [3.05, 3.63) is 60.3 Å². The van der Waals surface area contributed by atoms with Crippen LogP contribution in [0.1, 0.15) is 20.3 Å². The molecule has 0 aliphatic carbocycles. The molecule has 0 spiro atoms. The number of anilines is 5. The minimum Gasteiger partial charge on any atom is -0.494 e. The van der Waals surface area contributed by atoms with Gasteiger partial charge in [0, 0.05) is 38.1 Å². The predicted molar refractivity (Wildman–Crippen MR) is 180 cm³/mol. The van der Waals surface area contributed by atoms with Crippen molar-refractivity contribution in [2.75, 3.05) is 69.7 Å². The van der Waals surface area contributed by atoms with Gasteiger partial charge in [0.15, 0.2) is 5.82 Å². The number of rotatable bonds is 17. The number of likely N-dealkylation sites (N-methyl/N-ethyl adjacent to an activating group) is 1. The van der Waals surface area contributed by atoms with Gasteiger partial charge in [-0.15, -0.1) is 0 Å². The van der Waals surface area contributed by atoms with E-state index in [1.54, 1.807) is 32.6 Å². The summed E-state index contributed by atoms with van der Waals surface area (Å²) >= 11 is 6.44. The van der Waals surface area contributed by atoms with Gasteiger partial charge in [-0.25, -0.2) is 4.98 Å². The maximum Gasteiger partial charge on any atom is 0.247 e. The lowest BCUT2D eigenvalue weighted by atomic mass is 10.2. The first kappa shape index (κ1) is 34.9. The van der Waals surface area contributed by atoms with Gasteiger partial charge in [0.2, 0.25) is 11.9 Å². The predicted octanol–water partition coefficient (Wildman–Crippen LogP) is 6.12. The molecule has 0 aliphatic heterocycles. The SMILES string of the molecule is C=CC(=O)Nc1cc(Nc2ncc(Cl)c(Nc3ccccc3P(C)(C)=O)n2)c(OC)cc1O[C@@H](CCOC)CN(CC)CC. The van der Waals surface area contributed by atoms with Crippen LogP contribution in [0.3, 0.4) is 0 Å². The molecule has 0 bridgehead atoms. The second kappa shape index (κ2) is 16.4. The molecule has 0 unspecified atom stereocenters. The van der Waals surface area contributed by atoms with Gasteiger partial charge in [-0.05, 0) is 50.7 Å². The molecule has 3 aromatic rings. The van der Waals surface area contributed by atoms with Crippen molar-refractivity contribution in [3.63, 3.8) is 0 Å². The second-order valence-electron chi connectivity index (χ2n) is 10.3. The van der Waals surface area contributed by atoms with Crippen LogP contribution >= 0.6 is 18.7 Å². The number of aromatic nitrogens is 2. The van der Waals surface area contributed by atoms with Crippen molar-refractivity contribution in [2.24, 2.45) is 0 Å². The number of amides is 1. The van der Waals surface area contributed by atoms with Gasteiger partial charge in [0.25, 0.3) is 0 Å². The zero-order valence-corrected chi connectivity index (χ0v) is 27.8. The number of carbonyl (C=O) groups excluding carboxylic acids is 1. The second-order valence-corrected chi connectivity index (χ2v) is 13.8. The number of para-hydroxylation sites is 1. The third kappa shape index (κ3) is 9.69. The van der Waals surface area contributed by atoms with E-state index in [-0.39, 0.29) is 17.1 Å². The van der Waals surface area contributed by atoms with Crippen LogP contribution in [0.25, 0.3) is 0 Å². The molecule has 1 aromatic heterocycles. The van der Waals surface area contributed by atoms with Gasteiger partial charge in [-0.3, -0.25) is 4.79 Å². The van der Waals surface area contributed by atoms with Crippen molar-refractivity contribution in [2.45, 2.75) is 26.4 Å². The Bertz CT molecular complexity index is 1480. The van der Waals surface area contributed by atoms with Crippen molar-refractivity contribution in [3.8, 4) is 11.5 Å². The minimum atomic E-state index is -2.58. The van der Waals surface area contributed by atoms with Gasteiger partial charge < -0.3 is 39.6 Å². The average molecular weight is 645 g/mol. The molecule has 44 heavy (non-hydrogen) atoms. The first-order valence-corrected chi connectivity index (χ1v) is 17.2. The number of nitrogens with zero attached hydrogens (tertiary/aromatic N) is 3. The Morgan fingerprint density at radius 2 is 1.82 bits per heavy atom. The third-order valence-corrected chi connectivity index (χ3v) is 8.59. The lowest BCUT2D eigenvalue weighted by Crippen LogP contribution is -2.36. The number of methoxy groups -OCH3 is 2. The number of benzene rings is 2. The fourth-order valence-electron chi connectivity index (χ4n) is 4.40. The zero-order valence-electron chi connectivity index (χ0n) is 26.1. The number of hydrogen-bond acceptors (Lipinski definition) is 10. The third-order valence-electron chi connectivity index (χ3n) is 6.77. The largest absolute Gasteiger partial charge is 0.494 e. The fraction of sp³-hybridized carbons (Fsp3) is 0.387. The summed E-state index contributed by atoms with van der Waals surface area (Å²) in [6.45, 7) is 14.1. The fourth-order valence-corrected chi connectivity index (χ4v) is 5.70. The molecule has 0 saturated heterocycles. The van der Waals surface area contributed by atoms with E-state index in [1.165, 1.54) is 19.4 Å². The summed E-state index contributed by atoms with van der Waals surface area (Å²) in [7, 11) is 0.601. The molecule has 1 amide bonds. The van der Waals surface area contributed by atoms with E-state index < -0.39 is 13.0 Å². The molecule has 1 heterocycles. The summed E-state index contributed by atoms with van der Waals surface area (Å²) in [4.78, 5) is 23.6. The Kier molecular flexibility index (Phi) is 13.0. The summed E-state index contributed by atoms with van der Waals surface area (Å²) in [6.07, 6.45) is 3.07. The van der Waals surface area contributed by atoms with Gasteiger partial charge in [0.1, 0.15) is 29.8 Å². The van der Waals surface area contributed by atoms with Gasteiger partial charge in [0.05, 0.1) is 30.4 Å². The first-order valence-electron chi connectivity index (χ1n) is 14.3. The first-order chi connectivity index (χ1) is 21.0. The van der Waals surface area contributed by atoms with Crippen LogP contribution in [-0.2, 0) is 14.1 Å².